The lowest BCUT2D eigenvalue weighted by molar-refractivity contribution is 0.0455. The third kappa shape index (κ3) is 6.99. The van der Waals surface area contributed by atoms with Crippen molar-refractivity contribution in [2.75, 3.05) is 37.5 Å². The van der Waals surface area contributed by atoms with Gasteiger partial charge in [-0.3, -0.25) is 0 Å². The molecule has 0 amide bonds. The summed E-state index contributed by atoms with van der Waals surface area (Å²) in [5.41, 5.74) is 3.60. The number of primary sulfonamides is 1. The topological polar surface area (TPSA) is 119 Å². The molecule has 0 saturated heterocycles. The fourth-order valence-electron chi connectivity index (χ4n) is 6.75. The van der Waals surface area contributed by atoms with Gasteiger partial charge in [0.25, 0.3) is 0 Å². The Balaban J connectivity index is 1.41. The molecule has 1 heterocycles. The Hall–Kier alpha value is -2.11. The van der Waals surface area contributed by atoms with Gasteiger partial charge in [0.1, 0.15) is 5.75 Å². The van der Waals surface area contributed by atoms with Crippen LogP contribution >= 0.6 is 27.5 Å². The average Bonchev–Trinajstić information content (AvgIpc) is 3.06. The number of benzene rings is 2. The number of anilines is 1. The van der Waals surface area contributed by atoms with Crippen LogP contribution in [0.25, 0.3) is 0 Å². The third-order valence-corrected chi connectivity index (χ3v) is 10.8. The molecule has 2 aliphatic carbocycles. The standard InChI is InChI=1S/C31H38BrClN2O6S/c1-40-30(37)21-7-11-29-27(15-21)35(18-31(19-41-29)12-2-4-20-14-24(33)8-10-26(20)31)17-22-6-9-25(22)28(36)16-23(32)5-3-13-42(34,38)39/h7-8,10-11,14-16,22,25,28,36H,2-6,9,12-13,17-19H2,1H3,(H2,34,38,39)/b23-16-/t22-,25+,28-,31-/m0/s1. The van der Waals surface area contributed by atoms with E-state index in [2.05, 4.69) is 33.0 Å². The normalized spacial score (nSPS) is 24.6. The molecule has 1 fully saturated rings. The number of fused-ring (bicyclic) bond motifs is 3. The number of hydrogen-bond acceptors (Lipinski definition) is 7. The van der Waals surface area contributed by atoms with Crippen LogP contribution in [0.1, 0.15) is 60.0 Å². The fourth-order valence-corrected chi connectivity index (χ4v) is 8.04. The first-order chi connectivity index (χ1) is 20.0. The number of aliphatic hydroxyl groups excluding tert-OH is 1. The molecule has 2 aromatic carbocycles. The highest BCUT2D eigenvalue weighted by atomic mass is 79.9. The number of rotatable bonds is 9. The smallest absolute Gasteiger partial charge is 0.337 e. The van der Waals surface area contributed by atoms with Crippen LogP contribution < -0.4 is 14.8 Å². The van der Waals surface area contributed by atoms with E-state index >= 15 is 0 Å². The molecule has 8 nitrogen and oxygen atoms in total. The van der Waals surface area contributed by atoms with E-state index < -0.39 is 22.1 Å². The quantitative estimate of drug-likeness (QED) is 0.344. The van der Waals surface area contributed by atoms with Gasteiger partial charge >= 0.3 is 5.97 Å². The molecule has 3 N–H and O–H groups in total. The summed E-state index contributed by atoms with van der Waals surface area (Å²) >= 11 is 9.87. The summed E-state index contributed by atoms with van der Waals surface area (Å²) in [6.07, 6.45) is 6.85. The molecule has 2 aromatic rings. The van der Waals surface area contributed by atoms with E-state index in [1.165, 1.54) is 18.2 Å². The van der Waals surface area contributed by atoms with Crippen LogP contribution in [0, 0.1) is 11.8 Å². The van der Waals surface area contributed by atoms with Crippen LogP contribution in [-0.2, 0) is 26.6 Å². The molecule has 11 heteroatoms. The summed E-state index contributed by atoms with van der Waals surface area (Å²) in [4.78, 5) is 14.8. The second kappa shape index (κ2) is 12.9. The number of nitrogens with two attached hydrogens (primary N) is 1. The summed E-state index contributed by atoms with van der Waals surface area (Å²) in [7, 11) is -2.14. The lowest BCUT2D eigenvalue weighted by atomic mass is 9.68. The first kappa shape index (κ1) is 31.3. The monoisotopic (exact) mass is 680 g/mol. The average molecular weight is 682 g/mol. The molecule has 0 radical (unpaired) electrons. The van der Waals surface area contributed by atoms with Crippen LogP contribution in [0.5, 0.6) is 5.75 Å². The van der Waals surface area contributed by atoms with E-state index in [0.717, 1.165) is 53.0 Å². The number of allylic oxidation sites excluding steroid dienone is 1. The number of sulfonamides is 1. The van der Waals surface area contributed by atoms with Gasteiger partial charge in [0.05, 0.1) is 36.8 Å². The number of hydrogen-bond donors (Lipinski definition) is 2. The van der Waals surface area contributed by atoms with Gasteiger partial charge in [0, 0.05) is 23.5 Å². The molecule has 4 atom stereocenters. The zero-order valence-corrected chi connectivity index (χ0v) is 26.9. The van der Waals surface area contributed by atoms with Gasteiger partial charge in [0.2, 0.25) is 10.0 Å². The molecular formula is C31H38BrClN2O6S. The van der Waals surface area contributed by atoms with E-state index in [-0.39, 0.29) is 23.0 Å². The van der Waals surface area contributed by atoms with Crippen LogP contribution in [0.15, 0.2) is 47.0 Å². The van der Waals surface area contributed by atoms with Crippen molar-refractivity contribution in [3.05, 3.63) is 68.7 Å². The van der Waals surface area contributed by atoms with Crippen LogP contribution in [0.2, 0.25) is 5.02 Å². The van der Waals surface area contributed by atoms with E-state index in [4.69, 9.17) is 26.2 Å². The molecule has 5 rings (SSSR count). The van der Waals surface area contributed by atoms with Gasteiger partial charge in [-0.1, -0.05) is 33.6 Å². The summed E-state index contributed by atoms with van der Waals surface area (Å²) in [6.45, 7) is 1.93. The Morgan fingerprint density at radius 2 is 2.12 bits per heavy atom. The number of halogens is 2. The summed E-state index contributed by atoms with van der Waals surface area (Å²) in [6, 6.07) is 11.6. The SMILES string of the molecule is COC(=O)c1ccc2c(c1)N(C[C@@H]1CC[C@H]1[C@@H](O)/C=C(\Br)CCCS(N)(=O)=O)C[C@@]1(CCCc3cc(Cl)ccc31)CO2. The lowest BCUT2D eigenvalue weighted by Crippen LogP contribution is -2.49. The second-order valence-electron chi connectivity index (χ2n) is 11.9. The number of methoxy groups -OCH3 is 1. The Morgan fingerprint density at radius 1 is 1.31 bits per heavy atom. The van der Waals surface area contributed by atoms with Crippen LogP contribution in [0.4, 0.5) is 5.69 Å². The Morgan fingerprint density at radius 3 is 2.83 bits per heavy atom. The first-order valence-corrected chi connectivity index (χ1v) is 17.3. The molecule has 1 spiro atoms. The minimum Gasteiger partial charge on any atom is -0.490 e. The van der Waals surface area contributed by atoms with Crippen molar-refractivity contribution in [1.82, 2.24) is 0 Å². The fraction of sp³-hybridized carbons (Fsp3) is 0.516. The second-order valence-corrected chi connectivity index (χ2v) is 15.0. The summed E-state index contributed by atoms with van der Waals surface area (Å²) < 4.78 is 34.8. The van der Waals surface area contributed by atoms with Crippen LogP contribution in [-0.4, -0.2) is 58.2 Å². The van der Waals surface area contributed by atoms with E-state index in [1.807, 2.05) is 18.2 Å². The highest BCUT2D eigenvalue weighted by molar-refractivity contribution is 9.11. The predicted octanol–water partition coefficient (Wildman–Crippen LogP) is 5.33. The Kier molecular flexibility index (Phi) is 9.59. The molecular weight excluding hydrogens is 644 g/mol. The van der Waals surface area contributed by atoms with E-state index in [0.29, 0.717) is 38.1 Å². The van der Waals surface area contributed by atoms with E-state index in [9.17, 15) is 18.3 Å². The zero-order valence-electron chi connectivity index (χ0n) is 23.7. The number of nitrogens with zero attached hydrogens (tertiary/aromatic N) is 1. The van der Waals surface area contributed by atoms with Crippen LogP contribution in [0.3, 0.4) is 0 Å². The third-order valence-electron chi connectivity index (χ3n) is 9.02. The number of aliphatic hydroxyl groups is 1. The minimum absolute atomic E-state index is 0.0561. The first-order valence-electron chi connectivity index (χ1n) is 14.4. The van der Waals surface area contributed by atoms with Crippen molar-refractivity contribution in [3.63, 3.8) is 0 Å². The maximum absolute atomic E-state index is 12.5. The molecule has 0 unspecified atom stereocenters. The largest absolute Gasteiger partial charge is 0.490 e. The lowest BCUT2D eigenvalue weighted by Gasteiger charge is -2.45. The molecule has 1 aliphatic heterocycles. The number of carbonyl (C=O) groups is 1. The number of ether oxygens (including phenoxy) is 2. The Bertz CT molecular complexity index is 1470. The van der Waals surface area contributed by atoms with Crippen molar-refractivity contribution >= 4 is 49.2 Å². The molecule has 1 saturated carbocycles. The zero-order chi connectivity index (χ0) is 30.1. The van der Waals surface area contributed by atoms with Gasteiger partial charge in [-0.05, 0) is 109 Å². The molecule has 0 bridgehead atoms. The molecule has 228 valence electrons. The highest BCUT2D eigenvalue weighted by Crippen LogP contribution is 2.46. The van der Waals surface area contributed by atoms with Gasteiger partial charge in [0.15, 0.2) is 0 Å². The Labute approximate surface area is 261 Å². The van der Waals surface area contributed by atoms with Crippen molar-refractivity contribution in [2.24, 2.45) is 17.0 Å². The summed E-state index contributed by atoms with van der Waals surface area (Å²) in [5.74, 6) is 0.511. The number of aryl methyl sites for hydroxylation is 1. The van der Waals surface area contributed by atoms with Crippen molar-refractivity contribution in [1.29, 1.82) is 0 Å². The van der Waals surface area contributed by atoms with E-state index in [1.54, 1.807) is 12.1 Å². The number of esters is 1. The number of carbonyl (C=O) groups excluding carboxylic acids is 1. The molecule has 42 heavy (non-hydrogen) atoms. The summed E-state index contributed by atoms with van der Waals surface area (Å²) in [5, 5.41) is 17.0. The minimum atomic E-state index is -3.52. The maximum atomic E-state index is 12.5. The van der Waals surface area contributed by atoms with Crippen molar-refractivity contribution in [2.45, 2.75) is 56.5 Å². The van der Waals surface area contributed by atoms with Gasteiger partial charge in [-0.15, -0.1) is 0 Å². The van der Waals surface area contributed by atoms with Gasteiger partial charge in [-0.2, -0.15) is 0 Å². The highest BCUT2D eigenvalue weighted by Gasteiger charge is 2.44. The maximum Gasteiger partial charge on any atom is 0.337 e. The van der Waals surface area contributed by atoms with Gasteiger partial charge < -0.3 is 19.5 Å². The predicted molar refractivity (Wildman–Crippen MR) is 168 cm³/mol. The van der Waals surface area contributed by atoms with Gasteiger partial charge in [-0.25, -0.2) is 18.4 Å². The molecule has 0 aromatic heterocycles. The van der Waals surface area contributed by atoms with Crippen molar-refractivity contribution < 1.29 is 27.8 Å². The molecule has 3 aliphatic rings. The van der Waals surface area contributed by atoms with Crippen molar-refractivity contribution in [3.8, 4) is 5.75 Å².